The molecule has 0 radical (unpaired) electrons. The molecule has 0 saturated carbocycles. The zero-order chi connectivity index (χ0) is 15.1. The Kier molecular flexibility index (Phi) is 5.54. The topological polar surface area (TPSA) is 27.0 Å². The molecule has 0 aliphatic carbocycles. The summed E-state index contributed by atoms with van der Waals surface area (Å²) in [5.41, 5.74) is 3.87. The van der Waals surface area contributed by atoms with E-state index in [1.165, 1.54) is 16.7 Å². The fraction of sp³-hybridized carbons (Fsp3) is 0.316. The highest BCUT2D eigenvalue weighted by molar-refractivity contribution is 5.67. The average molecular weight is 278 g/mol. The van der Waals surface area contributed by atoms with Crippen LogP contribution >= 0.6 is 0 Å². The van der Waals surface area contributed by atoms with Crippen molar-refractivity contribution in [3.63, 3.8) is 0 Å². The van der Waals surface area contributed by atoms with Crippen LogP contribution < -0.4 is 0 Å². The minimum Gasteiger partial charge on any atom is -0.299 e. The Hall–Kier alpha value is -2.11. The molecule has 1 unspecified atom stereocenters. The van der Waals surface area contributed by atoms with Gasteiger partial charge < -0.3 is 0 Å². The summed E-state index contributed by atoms with van der Waals surface area (Å²) < 4.78 is 0. The molecule has 0 fully saturated rings. The lowest BCUT2D eigenvalue weighted by Crippen LogP contribution is -2.28. The summed E-state index contributed by atoms with van der Waals surface area (Å²) in [7, 11) is 2.13. The number of hydrogen-bond acceptors (Lipinski definition) is 2. The summed E-state index contributed by atoms with van der Waals surface area (Å²) in [4.78, 5) is 2.32. The van der Waals surface area contributed by atoms with E-state index < -0.39 is 0 Å². The molecule has 0 spiro atoms. The van der Waals surface area contributed by atoms with Gasteiger partial charge in [0, 0.05) is 19.0 Å². The van der Waals surface area contributed by atoms with Gasteiger partial charge in [-0.25, -0.2) is 0 Å². The van der Waals surface area contributed by atoms with Crippen molar-refractivity contribution in [2.45, 2.75) is 32.4 Å². The molecule has 2 aromatic carbocycles. The maximum Gasteiger partial charge on any atom is 0.0622 e. The molecule has 1 atom stereocenters. The summed E-state index contributed by atoms with van der Waals surface area (Å²) in [5, 5.41) is 8.71. The van der Waals surface area contributed by atoms with Crippen LogP contribution in [0.15, 0.2) is 54.6 Å². The smallest absolute Gasteiger partial charge is 0.0622 e. The van der Waals surface area contributed by atoms with Crippen LogP contribution in [0.4, 0.5) is 0 Å². The molecule has 21 heavy (non-hydrogen) atoms. The van der Waals surface area contributed by atoms with E-state index in [0.717, 1.165) is 13.0 Å². The van der Waals surface area contributed by atoms with Crippen LogP contribution in [-0.4, -0.2) is 18.0 Å². The Morgan fingerprint density at radius 2 is 1.71 bits per heavy atom. The Balaban J connectivity index is 2.16. The maximum atomic E-state index is 8.71. The van der Waals surface area contributed by atoms with Crippen molar-refractivity contribution in [3.8, 4) is 17.2 Å². The van der Waals surface area contributed by atoms with Crippen LogP contribution in [-0.2, 0) is 6.54 Å². The van der Waals surface area contributed by atoms with Crippen molar-refractivity contribution in [2.24, 2.45) is 0 Å². The fourth-order valence-corrected chi connectivity index (χ4v) is 2.48. The monoisotopic (exact) mass is 278 g/mol. The first-order valence-corrected chi connectivity index (χ1v) is 7.43. The maximum absolute atomic E-state index is 8.71. The van der Waals surface area contributed by atoms with E-state index in [-0.39, 0.29) is 0 Å². The Morgan fingerprint density at radius 3 is 2.43 bits per heavy atom. The third kappa shape index (κ3) is 4.18. The first kappa shape index (κ1) is 15.3. The van der Waals surface area contributed by atoms with Crippen LogP contribution in [0.3, 0.4) is 0 Å². The predicted octanol–water partition coefficient (Wildman–Crippen LogP) is 4.48. The lowest BCUT2D eigenvalue weighted by molar-refractivity contribution is 0.240. The van der Waals surface area contributed by atoms with Gasteiger partial charge in [-0.15, -0.1) is 0 Å². The van der Waals surface area contributed by atoms with Crippen molar-refractivity contribution in [1.82, 2.24) is 4.90 Å². The largest absolute Gasteiger partial charge is 0.299 e. The van der Waals surface area contributed by atoms with E-state index in [1.807, 2.05) is 6.07 Å². The molecule has 0 saturated heterocycles. The van der Waals surface area contributed by atoms with Gasteiger partial charge in [0.2, 0.25) is 0 Å². The number of nitriles is 1. The second-order valence-corrected chi connectivity index (χ2v) is 5.48. The lowest BCUT2D eigenvalue weighted by Gasteiger charge is -2.25. The molecule has 0 aliphatic heterocycles. The Labute approximate surface area is 127 Å². The van der Waals surface area contributed by atoms with Crippen LogP contribution in [0.1, 0.15) is 25.3 Å². The number of benzene rings is 2. The standard InChI is InChI=1S/C19H22N2/c1-16(9-8-14-20)21(2)15-18-12-6-7-13-19(18)17-10-4-3-5-11-17/h3-7,10-13,16H,8-9,15H2,1-2H3. The third-order valence-electron chi connectivity index (χ3n) is 3.95. The highest BCUT2D eigenvalue weighted by Crippen LogP contribution is 2.25. The van der Waals surface area contributed by atoms with Gasteiger partial charge in [0.1, 0.15) is 0 Å². The summed E-state index contributed by atoms with van der Waals surface area (Å²) in [6.07, 6.45) is 1.53. The van der Waals surface area contributed by atoms with E-state index in [4.69, 9.17) is 5.26 Å². The van der Waals surface area contributed by atoms with Crippen LogP contribution in [0.5, 0.6) is 0 Å². The van der Waals surface area contributed by atoms with E-state index in [1.54, 1.807) is 0 Å². The molecule has 2 rings (SSSR count). The molecular formula is C19H22N2. The Bertz CT molecular complexity index is 598. The van der Waals surface area contributed by atoms with Gasteiger partial charge in [-0.2, -0.15) is 5.26 Å². The van der Waals surface area contributed by atoms with Crippen molar-refractivity contribution >= 4 is 0 Å². The third-order valence-corrected chi connectivity index (χ3v) is 3.95. The molecule has 0 N–H and O–H groups in total. The van der Waals surface area contributed by atoms with Crippen LogP contribution in [0.2, 0.25) is 0 Å². The SMILES string of the molecule is CC(CCC#N)N(C)Cc1ccccc1-c1ccccc1. The quantitative estimate of drug-likeness (QED) is 0.779. The molecular weight excluding hydrogens is 256 g/mol. The van der Waals surface area contributed by atoms with Gasteiger partial charge in [-0.1, -0.05) is 54.6 Å². The van der Waals surface area contributed by atoms with Gasteiger partial charge in [-0.3, -0.25) is 4.90 Å². The molecule has 0 aliphatic rings. The normalized spacial score (nSPS) is 12.1. The number of hydrogen-bond donors (Lipinski definition) is 0. The van der Waals surface area contributed by atoms with E-state index in [9.17, 15) is 0 Å². The van der Waals surface area contributed by atoms with Crippen molar-refractivity contribution in [1.29, 1.82) is 5.26 Å². The zero-order valence-corrected chi connectivity index (χ0v) is 12.8. The molecule has 2 nitrogen and oxygen atoms in total. The molecule has 0 aromatic heterocycles. The highest BCUT2D eigenvalue weighted by atomic mass is 15.1. The van der Waals surface area contributed by atoms with Gasteiger partial charge in [0.25, 0.3) is 0 Å². The van der Waals surface area contributed by atoms with E-state index in [2.05, 4.69) is 73.5 Å². The second-order valence-electron chi connectivity index (χ2n) is 5.48. The summed E-state index contributed by atoms with van der Waals surface area (Å²) in [5.74, 6) is 0. The van der Waals surface area contributed by atoms with E-state index in [0.29, 0.717) is 12.5 Å². The fourth-order valence-electron chi connectivity index (χ4n) is 2.48. The lowest BCUT2D eigenvalue weighted by atomic mass is 9.99. The summed E-state index contributed by atoms with van der Waals surface area (Å²) >= 11 is 0. The first-order chi connectivity index (χ1) is 10.2. The number of rotatable bonds is 6. The minimum atomic E-state index is 0.411. The van der Waals surface area contributed by atoms with Crippen molar-refractivity contribution in [3.05, 3.63) is 60.2 Å². The van der Waals surface area contributed by atoms with Gasteiger partial charge >= 0.3 is 0 Å². The van der Waals surface area contributed by atoms with Gasteiger partial charge in [0.05, 0.1) is 6.07 Å². The Morgan fingerprint density at radius 1 is 1.05 bits per heavy atom. The molecule has 0 heterocycles. The highest BCUT2D eigenvalue weighted by Gasteiger charge is 2.12. The van der Waals surface area contributed by atoms with Crippen LogP contribution in [0, 0.1) is 11.3 Å². The van der Waals surface area contributed by atoms with Gasteiger partial charge in [-0.05, 0) is 37.1 Å². The predicted molar refractivity (Wildman–Crippen MR) is 87.7 cm³/mol. The minimum absolute atomic E-state index is 0.411. The second kappa shape index (κ2) is 7.61. The molecule has 2 heteroatoms. The molecule has 108 valence electrons. The van der Waals surface area contributed by atoms with E-state index >= 15 is 0 Å². The van der Waals surface area contributed by atoms with Crippen LogP contribution in [0.25, 0.3) is 11.1 Å². The molecule has 0 amide bonds. The number of nitrogens with zero attached hydrogens (tertiary/aromatic N) is 2. The van der Waals surface area contributed by atoms with Gasteiger partial charge in [0.15, 0.2) is 0 Å². The average Bonchev–Trinajstić information content (AvgIpc) is 2.54. The molecule has 2 aromatic rings. The van der Waals surface area contributed by atoms with Crippen molar-refractivity contribution in [2.75, 3.05) is 7.05 Å². The first-order valence-electron chi connectivity index (χ1n) is 7.43. The summed E-state index contributed by atoms with van der Waals surface area (Å²) in [6, 6.07) is 21.7. The zero-order valence-electron chi connectivity index (χ0n) is 12.8. The van der Waals surface area contributed by atoms with Crippen molar-refractivity contribution < 1.29 is 0 Å². The summed E-state index contributed by atoms with van der Waals surface area (Å²) in [6.45, 7) is 3.08. The molecule has 0 bridgehead atoms.